The lowest BCUT2D eigenvalue weighted by atomic mass is 9.91. The van der Waals surface area contributed by atoms with Crippen molar-refractivity contribution in [2.45, 2.75) is 53.6 Å². The average molecular weight is 185 g/mol. The van der Waals surface area contributed by atoms with E-state index in [1.165, 1.54) is 0 Å². The first-order valence-corrected chi connectivity index (χ1v) is 4.72. The van der Waals surface area contributed by atoms with Gasteiger partial charge in [0, 0.05) is 5.70 Å². The van der Waals surface area contributed by atoms with E-state index in [-0.39, 0.29) is 11.0 Å². The highest BCUT2D eigenvalue weighted by molar-refractivity contribution is 4.92. The summed E-state index contributed by atoms with van der Waals surface area (Å²) in [5.41, 5.74) is 3.91. The Morgan fingerprint density at radius 2 is 1.62 bits per heavy atom. The fourth-order valence-electron chi connectivity index (χ4n) is 0.902. The molecule has 2 nitrogen and oxygen atoms in total. The van der Waals surface area contributed by atoms with Crippen molar-refractivity contribution in [3.63, 3.8) is 0 Å². The highest BCUT2D eigenvalue weighted by atomic mass is 16.7. The molecule has 0 aliphatic heterocycles. The van der Waals surface area contributed by atoms with E-state index >= 15 is 0 Å². The Bertz CT molecular complexity index is 172. The van der Waals surface area contributed by atoms with Gasteiger partial charge in [-0.3, -0.25) is 10.3 Å². The summed E-state index contributed by atoms with van der Waals surface area (Å²) in [6, 6.07) is 0. The number of nitrogens with one attached hydrogen (secondary N) is 1. The standard InChI is InChI=1S/C11H23NO/c1-9(8-10(2,3)4)12-13-11(5,6)7/h12H,1,8H2,2-7H3. The molecule has 0 aromatic rings. The van der Waals surface area contributed by atoms with Crippen LogP contribution in [0.25, 0.3) is 0 Å². The molecule has 2 heteroatoms. The summed E-state index contributed by atoms with van der Waals surface area (Å²) in [6.45, 7) is 16.5. The Morgan fingerprint density at radius 1 is 1.15 bits per heavy atom. The van der Waals surface area contributed by atoms with Crippen molar-refractivity contribution in [1.82, 2.24) is 5.48 Å². The van der Waals surface area contributed by atoms with Crippen LogP contribution >= 0.6 is 0 Å². The molecule has 0 aromatic heterocycles. The molecule has 1 N–H and O–H groups in total. The van der Waals surface area contributed by atoms with Crippen LogP contribution < -0.4 is 5.48 Å². The predicted octanol–water partition coefficient (Wildman–Crippen LogP) is 3.26. The minimum atomic E-state index is -0.166. The van der Waals surface area contributed by atoms with Crippen molar-refractivity contribution >= 4 is 0 Å². The monoisotopic (exact) mass is 185 g/mol. The van der Waals surface area contributed by atoms with E-state index in [4.69, 9.17) is 4.84 Å². The van der Waals surface area contributed by atoms with Crippen LogP contribution in [0.2, 0.25) is 0 Å². The minimum absolute atomic E-state index is 0.166. The summed E-state index contributed by atoms with van der Waals surface area (Å²) in [7, 11) is 0. The molecule has 0 radical (unpaired) electrons. The molecule has 0 amide bonds. The summed E-state index contributed by atoms with van der Waals surface area (Å²) in [5, 5.41) is 0. The fourth-order valence-corrected chi connectivity index (χ4v) is 0.902. The molecule has 0 saturated heterocycles. The summed E-state index contributed by atoms with van der Waals surface area (Å²) in [6.07, 6.45) is 0.920. The van der Waals surface area contributed by atoms with Crippen molar-refractivity contribution in [3.8, 4) is 0 Å². The number of hydrogen-bond donors (Lipinski definition) is 1. The second kappa shape index (κ2) is 4.14. The molecular formula is C11H23NO. The van der Waals surface area contributed by atoms with Gasteiger partial charge < -0.3 is 0 Å². The van der Waals surface area contributed by atoms with Crippen molar-refractivity contribution < 1.29 is 4.84 Å². The first-order chi connectivity index (χ1) is 5.60. The first kappa shape index (κ1) is 12.5. The number of hydrogen-bond acceptors (Lipinski definition) is 2. The van der Waals surface area contributed by atoms with Gasteiger partial charge in [-0.2, -0.15) is 0 Å². The molecule has 0 unspecified atom stereocenters. The molecule has 0 heterocycles. The van der Waals surface area contributed by atoms with Crippen molar-refractivity contribution in [2.24, 2.45) is 5.41 Å². The molecule has 0 bridgehead atoms. The van der Waals surface area contributed by atoms with E-state index in [0.29, 0.717) is 0 Å². The van der Waals surface area contributed by atoms with Crippen molar-refractivity contribution in [3.05, 3.63) is 12.3 Å². The van der Waals surface area contributed by atoms with Gasteiger partial charge in [0.05, 0.1) is 5.60 Å². The number of allylic oxidation sites excluding steroid dienone is 1. The highest BCUT2D eigenvalue weighted by Crippen LogP contribution is 2.22. The van der Waals surface area contributed by atoms with E-state index in [0.717, 1.165) is 12.1 Å². The van der Waals surface area contributed by atoms with Crippen molar-refractivity contribution in [1.29, 1.82) is 0 Å². The third kappa shape index (κ3) is 9.41. The molecular weight excluding hydrogens is 162 g/mol. The molecule has 0 fully saturated rings. The SMILES string of the molecule is C=C(CC(C)(C)C)NOC(C)(C)C. The smallest absolute Gasteiger partial charge is 0.0876 e. The molecule has 0 aromatic carbocycles. The summed E-state index contributed by atoms with van der Waals surface area (Å²) >= 11 is 0. The van der Waals surface area contributed by atoms with Gasteiger partial charge in [0.1, 0.15) is 0 Å². The number of hydroxylamine groups is 1. The lowest BCUT2D eigenvalue weighted by Crippen LogP contribution is -2.29. The van der Waals surface area contributed by atoms with Crippen LogP contribution in [0.15, 0.2) is 12.3 Å². The zero-order valence-electron chi connectivity index (χ0n) is 9.82. The van der Waals surface area contributed by atoms with Gasteiger partial charge in [-0.25, -0.2) is 0 Å². The van der Waals surface area contributed by atoms with E-state index in [1.807, 2.05) is 20.8 Å². The second-order valence-electron chi connectivity index (χ2n) is 5.66. The third-order valence-electron chi connectivity index (χ3n) is 1.25. The van der Waals surface area contributed by atoms with E-state index in [9.17, 15) is 0 Å². The Hall–Kier alpha value is -0.500. The predicted molar refractivity (Wildman–Crippen MR) is 57.2 cm³/mol. The topological polar surface area (TPSA) is 21.3 Å². The first-order valence-electron chi connectivity index (χ1n) is 4.72. The van der Waals surface area contributed by atoms with Gasteiger partial charge in [0.15, 0.2) is 0 Å². The zero-order chi connectivity index (χ0) is 10.7. The fraction of sp³-hybridized carbons (Fsp3) is 0.818. The van der Waals surface area contributed by atoms with E-state index < -0.39 is 0 Å². The lowest BCUT2D eigenvalue weighted by Gasteiger charge is -2.24. The molecule has 0 rings (SSSR count). The summed E-state index contributed by atoms with van der Waals surface area (Å²) in [4.78, 5) is 5.39. The molecule has 13 heavy (non-hydrogen) atoms. The second-order valence-corrected chi connectivity index (χ2v) is 5.66. The highest BCUT2D eigenvalue weighted by Gasteiger charge is 2.14. The quantitative estimate of drug-likeness (QED) is 0.681. The van der Waals surface area contributed by atoms with Crippen LogP contribution in [-0.4, -0.2) is 5.60 Å². The van der Waals surface area contributed by atoms with Crippen molar-refractivity contribution in [2.75, 3.05) is 0 Å². The number of rotatable bonds is 3. The van der Waals surface area contributed by atoms with Crippen LogP contribution in [0, 0.1) is 5.41 Å². The zero-order valence-corrected chi connectivity index (χ0v) is 9.82. The Kier molecular flexibility index (Phi) is 3.98. The average Bonchev–Trinajstić information content (AvgIpc) is 1.78. The van der Waals surface area contributed by atoms with Gasteiger partial charge in [-0.1, -0.05) is 27.4 Å². The Morgan fingerprint density at radius 3 is 1.92 bits per heavy atom. The van der Waals surface area contributed by atoms with Crippen LogP contribution in [-0.2, 0) is 4.84 Å². The van der Waals surface area contributed by atoms with Gasteiger partial charge in [-0.05, 0) is 32.6 Å². The van der Waals surface area contributed by atoms with Crippen LogP contribution in [0.3, 0.4) is 0 Å². The maximum Gasteiger partial charge on any atom is 0.0876 e. The minimum Gasteiger partial charge on any atom is -0.271 e. The molecule has 0 aliphatic rings. The normalized spacial score (nSPS) is 12.8. The third-order valence-corrected chi connectivity index (χ3v) is 1.25. The van der Waals surface area contributed by atoms with E-state index in [1.54, 1.807) is 0 Å². The molecule has 0 atom stereocenters. The maximum absolute atomic E-state index is 5.39. The van der Waals surface area contributed by atoms with Gasteiger partial charge in [0.2, 0.25) is 0 Å². The van der Waals surface area contributed by atoms with Crippen LogP contribution in [0.4, 0.5) is 0 Å². The molecule has 0 aliphatic carbocycles. The van der Waals surface area contributed by atoms with Gasteiger partial charge in [0.25, 0.3) is 0 Å². The van der Waals surface area contributed by atoms with Crippen LogP contribution in [0.5, 0.6) is 0 Å². The molecule has 0 spiro atoms. The van der Waals surface area contributed by atoms with Gasteiger partial charge >= 0.3 is 0 Å². The van der Waals surface area contributed by atoms with Crippen LogP contribution in [0.1, 0.15) is 48.0 Å². The largest absolute Gasteiger partial charge is 0.271 e. The Balaban J connectivity index is 3.78. The van der Waals surface area contributed by atoms with Gasteiger partial charge in [-0.15, -0.1) is 0 Å². The summed E-state index contributed by atoms with van der Waals surface area (Å²) < 4.78 is 0. The Labute approximate surface area is 82.3 Å². The lowest BCUT2D eigenvalue weighted by molar-refractivity contribution is -0.0602. The maximum atomic E-state index is 5.39. The summed E-state index contributed by atoms with van der Waals surface area (Å²) in [5.74, 6) is 0. The van der Waals surface area contributed by atoms with E-state index in [2.05, 4.69) is 32.8 Å². The molecule has 0 saturated carbocycles. The molecule has 78 valence electrons.